The second-order valence-electron chi connectivity index (χ2n) is 6.52. The predicted molar refractivity (Wildman–Crippen MR) is 88.2 cm³/mol. The molecule has 0 unspecified atom stereocenters. The van der Waals surface area contributed by atoms with Crippen molar-refractivity contribution >= 4 is 5.69 Å². The topological polar surface area (TPSA) is 15.3 Å². The first-order valence-corrected chi connectivity index (χ1v) is 8.38. The molecule has 0 radical (unpaired) electrons. The van der Waals surface area contributed by atoms with Gasteiger partial charge >= 0.3 is 0 Å². The average molecular weight is 292 g/mol. The Morgan fingerprint density at radius 3 is 2.71 bits per heavy atom. The first-order valence-electron chi connectivity index (χ1n) is 8.38. The Morgan fingerprint density at radius 1 is 1.33 bits per heavy atom. The Labute approximate surface area is 128 Å². The van der Waals surface area contributed by atoms with Gasteiger partial charge in [0.15, 0.2) is 0 Å². The Hall–Kier alpha value is -1.09. The number of rotatable bonds is 9. The van der Waals surface area contributed by atoms with Gasteiger partial charge in [-0.25, -0.2) is 4.39 Å². The van der Waals surface area contributed by atoms with Crippen LogP contribution < -0.4 is 10.2 Å². The van der Waals surface area contributed by atoms with Crippen LogP contribution >= 0.6 is 0 Å². The molecule has 0 saturated heterocycles. The van der Waals surface area contributed by atoms with Crippen LogP contribution in [0.2, 0.25) is 0 Å². The summed E-state index contributed by atoms with van der Waals surface area (Å²) in [7, 11) is 0. The molecular weight excluding hydrogens is 263 g/mol. The van der Waals surface area contributed by atoms with E-state index in [0.29, 0.717) is 18.5 Å². The molecule has 0 amide bonds. The van der Waals surface area contributed by atoms with Crippen LogP contribution in [-0.4, -0.2) is 19.1 Å². The van der Waals surface area contributed by atoms with Gasteiger partial charge in [0, 0.05) is 30.4 Å². The quantitative estimate of drug-likeness (QED) is 0.681. The fourth-order valence-corrected chi connectivity index (χ4v) is 2.66. The zero-order chi connectivity index (χ0) is 15.2. The van der Waals surface area contributed by atoms with E-state index in [-0.39, 0.29) is 5.82 Å². The van der Waals surface area contributed by atoms with Crippen molar-refractivity contribution in [1.29, 1.82) is 0 Å². The molecule has 118 valence electrons. The van der Waals surface area contributed by atoms with Crippen molar-refractivity contribution in [1.82, 2.24) is 5.32 Å². The van der Waals surface area contributed by atoms with Crippen LogP contribution in [0.15, 0.2) is 18.2 Å². The van der Waals surface area contributed by atoms with E-state index < -0.39 is 0 Å². The second kappa shape index (κ2) is 7.79. The van der Waals surface area contributed by atoms with Crippen LogP contribution in [0.25, 0.3) is 0 Å². The summed E-state index contributed by atoms with van der Waals surface area (Å²) < 4.78 is 14.3. The summed E-state index contributed by atoms with van der Waals surface area (Å²) in [4.78, 5) is 2.44. The molecule has 0 heterocycles. The van der Waals surface area contributed by atoms with Crippen molar-refractivity contribution < 1.29 is 4.39 Å². The van der Waals surface area contributed by atoms with Crippen molar-refractivity contribution in [2.45, 2.75) is 59.0 Å². The number of hydrogen-bond acceptors (Lipinski definition) is 2. The van der Waals surface area contributed by atoms with Crippen LogP contribution in [0.5, 0.6) is 0 Å². The fraction of sp³-hybridized carbons (Fsp3) is 0.667. The Bertz CT molecular complexity index is 441. The van der Waals surface area contributed by atoms with Gasteiger partial charge in [0.1, 0.15) is 5.82 Å². The van der Waals surface area contributed by atoms with Crippen LogP contribution in [0.1, 0.15) is 52.0 Å². The first kappa shape index (κ1) is 16.3. The van der Waals surface area contributed by atoms with Gasteiger partial charge in [-0.1, -0.05) is 26.8 Å². The predicted octanol–water partition coefficient (Wildman–Crippen LogP) is 4.34. The van der Waals surface area contributed by atoms with Crippen LogP contribution in [0.4, 0.5) is 10.1 Å². The van der Waals surface area contributed by atoms with Crippen molar-refractivity contribution in [3.05, 3.63) is 29.6 Å². The average Bonchev–Trinajstić information content (AvgIpc) is 3.26. The monoisotopic (exact) mass is 292 g/mol. The Morgan fingerprint density at radius 2 is 2.10 bits per heavy atom. The molecule has 1 fully saturated rings. The second-order valence-corrected chi connectivity index (χ2v) is 6.52. The van der Waals surface area contributed by atoms with E-state index in [1.807, 2.05) is 6.07 Å². The van der Waals surface area contributed by atoms with Crippen LogP contribution in [0.3, 0.4) is 0 Å². The third-order valence-corrected chi connectivity index (χ3v) is 4.07. The van der Waals surface area contributed by atoms with Crippen molar-refractivity contribution in [2.24, 2.45) is 5.92 Å². The molecule has 0 spiro atoms. The van der Waals surface area contributed by atoms with Crippen LogP contribution in [-0.2, 0) is 6.54 Å². The minimum absolute atomic E-state index is 0.0775. The van der Waals surface area contributed by atoms with E-state index in [1.165, 1.54) is 12.8 Å². The molecule has 1 aliphatic carbocycles. The highest BCUT2D eigenvalue weighted by molar-refractivity contribution is 5.56. The molecule has 1 aliphatic rings. The molecule has 0 atom stereocenters. The summed E-state index contributed by atoms with van der Waals surface area (Å²) >= 11 is 0. The van der Waals surface area contributed by atoms with Crippen molar-refractivity contribution in [3.8, 4) is 0 Å². The zero-order valence-electron chi connectivity index (χ0n) is 13.7. The first-order chi connectivity index (χ1) is 10.1. The fourth-order valence-electron chi connectivity index (χ4n) is 2.66. The van der Waals surface area contributed by atoms with E-state index in [9.17, 15) is 4.39 Å². The largest absolute Gasteiger partial charge is 0.368 e. The van der Waals surface area contributed by atoms with E-state index in [0.717, 1.165) is 37.2 Å². The zero-order valence-corrected chi connectivity index (χ0v) is 13.7. The Balaban J connectivity index is 2.16. The number of anilines is 1. The highest BCUT2D eigenvalue weighted by Gasteiger charge is 2.30. The lowest BCUT2D eigenvalue weighted by molar-refractivity contribution is 0.561. The third kappa shape index (κ3) is 4.70. The molecule has 1 aromatic carbocycles. The number of nitrogens with zero attached hydrogens (tertiary/aromatic N) is 1. The summed E-state index contributed by atoms with van der Waals surface area (Å²) in [6.45, 7) is 9.23. The maximum absolute atomic E-state index is 14.3. The summed E-state index contributed by atoms with van der Waals surface area (Å²) in [5.41, 5.74) is 1.93. The van der Waals surface area contributed by atoms with Crippen molar-refractivity contribution in [3.63, 3.8) is 0 Å². The molecule has 3 heteroatoms. The summed E-state index contributed by atoms with van der Waals surface area (Å²) in [5.74, 6) is 0.604. The summed E-state index contributed by atoms with van der Waals surface area (Å²) in [6, 6.07) is 6.14. The molecule has 0 aromatic heterocycles. The van der Waals surface area contributed by atoms with E-state index in [4.69, 9.17) is 0 Å². The van der Waals surface area contributed by atoms with Gasteiger partial charge in [0.05, 0.1) is 0 Å². The number of halogens is 1. The van der Waals surface area contributed by atoms with Gasteiger partial charge in [-0.2, -0.15) is 0 Å². The van der Waals surface area contributed by atoms with E-state index in [1.54, 1.807) is 6.07 Å². The number of hydrogen-bond donors (Lipinski definition) is 1. The molecule has 0 aliphatic heterocycles. The lowest BCUT2D eigenvalue weighted by Crippen LogP contribution is -2.30. The molecule has 1 aromatic rings. The molecule has 21 heavy (non-hydrogen) atoms. The van der Waals surface area contributed by atoms with Gasteiger partial charge in [0.2, 0.25) is 0 Å². The molecular formula is C18H29FN2. The van der Waals surface area contributed by atoms with Gasteiger partial charge in [0.25, 0.3) is 0 Å². The Kier molecular flexibility index (Phi) is 6.04. The smallest absolute Gasteiger partial charge is 0.129 e. The normalized spacial score (nSPS) is 14.7. The maximum Gasteiger partial charge on any atom is 0.129 e. The van der Waals surface area contributed by atoms with Crippen molar-refractivity contribution in [2.75, 3.05) is 18.0 Å². The highest BCUT2D eigenvalue weighted by atomic mass is 19.1. The van der Waals surface area contributed by atoms with Crippen LogP contribution in [0, 0.1) is 11.7 Å². The molecule has 0 bridgehead atoms. The number of nitrogens with one attached hydrogen (secondary N) is 1. The summed E-state index contributed by atoms with van der Waals surface area (Å²) in [5, 5.41) is 3.34. The van der Waals surface area contributed by atoms with E-state index in [2.05, 4.69) is 37.1 Å². The van der Waals surface area contributed by atoms with E-state index >= 15 is 0 Å². The number of benzene rings is 1. The lowest BCUT2D eigenvalue weighted by atomic mass is 10.1. The van der Waals surface area contributed by atoms with Gasteiger partial charge in [-0.15, -0.1) is 0 Å². The molecule has 1 N–H and O–H groups in total. The minimum atomic E-state index is -0.0775. The summed E-state index contributed by atoms with van der Waals surface area (Å²) in [6.07, 6.45) is 4.73. The molecule has 2 rings (SSSR count). The third-order valence-electron chi connectivity index (χ3n) is 4.07. The minimum Gasteiger partial charge on any atom is -0.368 e. The molecule has 1 saturated carbocycles. The van der Waals surface area contributed by atoms with Gasteiger partial charge in [-0.05, 0) is 50.3 Å². The maximum atomic E-state index is 14.3. The highest BCUT2D eigenvalue weighted by Crippen LogP contribution is 2.35. The van der Waals surface area contributed by atoms with Gasteiger partial charge in [-0.3, -0.25) is 0 Å². The van der Waals surface area contributed by atoms with Gasteiger partial charge < -0.3 is 10.2 Å². The lowest BCUT2D eigenvalue weighted by Gasteiger charge is -2.28. The standard InChI is InChI=1S/C18H29FN2/c1-4-11-20-13-16-17(19)6-5-7-18(16)21(15-8-9-15)12-10-14(2)3/h5-7,14-15,20H,4,8-13H2,1-3H3. The SMILES string of the molecule is CCCNCc1c(F)cccc1N(CCC(C)C)C1CC1. The molecule has 2 nitrogen and oxygen atoms in total.